The van der Waals surface area contributed by atoms with Gasteiger partial charge in [0.25, 0.3) is 0 Å². The van der Waals surface area contributed by atoms with E-state index in [4.69, 9.17) is 9.47 Å². The number of likely N-dealkylation sites (N-methyl/N-ethyl adjacent to an activating group) is 1. The van der Waals surface area contributed by atoms with Gasteiger partial charge in [0.05, 0.1) is 18.2 Å². The fourth-order valence-corrected chi connectivity index (χ4v) is 2.21. The molecule has 0 spiro atoms. The zero-order valence-corrected chi connectivity index (χ0v) is 12.8. The van der Waals surface area contributed by atoms with Crippen molar-refractivity contribution in [3.8, 4) is 5.75 Å². The molecule has 2 atom stereocenters. The molecule has 1 rings (SSSR count). The van der Waals surface area contributed by atoms with E-state index in [0.717, 1.165) is 18.9 Å². The van der Waals surface area contributed by atoms with Crippen LogP contribution in [0.15, 0.2) is 24.3 Å². The molecule has 0 amide bonds. The van der Waals surface area contributed by atoms with Crippen LogP contribution in [0.4, 0.5) is 0 Å². The Kier molecular flexibility index (Phi) is 6.89. The van der Waals surface area contributed by atoms with Gasteiger partial charge in [-0.15, -0.1) is 0 Å². The Morgan fingerprint density at radius 1 is 1.11 bits per heavy atom. The van der Waals surface area contributed by atoms with Crippen LogP contribution in [0.25, 0.3) is 0 Å². The number of ether oxygens (including phenoxy) is 2. The summed E-state index contributed by atoms with van der Waals surface area (Å²) in [5.74, 6) is 0.940. The molecule has 1 aromatic carbocycles. The summed E-state index contributed by atoms with van der Waals surface area (Å²) in [5, 5.41) is 3.49. The number of hydrogen-bond donors (Lipinski definition) is 1. The lowest BCUT2D eigenvalue weighted by Crippen LogP contribution is -2.32. The van der Waals surface area contributed by atoms with E-state index >= 15 is 0 Å². The second-order valence-electron chi connectivity index (χ2n) is 4.90. The van der Waals surface area contributed by atoms with Gasteiger partial charge >= 0.3 is 0 Å². The van der Waals surface area contributed by atoms with Gasteiger partial charge in [-0.3, -0.25) is 0 Å². The molecule has 1 N–H and O–H groups in total. The fraction of sp³-hybridized carbons (Fsp3) is 0.625. The number of para-hydroxylation sites is 1. The highest BCUT2D eigenvalue weighted by Gasteiger charge is 2.22. The molecule has 3 nitrogen and oxygen atoms in total. The lowest BCUT2D eigenvalue weighted by molar-refractivity contribution is 0.0465. The summed E-state index contributed by atoms with van der Waals surface area (Å²) in [7, 11) is 0. The van der Waals surface area contributed by atoms with Gasteiger partial charge in [-0.2, -0.15) is 0 Å². The highest BCUT2D eigenvalue weighted by molar-refractivity contribution is 5.36. The van der Waals surface area contributed by atoms with Crippen LogP contribution < -0.4 is 10.1 Å². The van der Waals surface area contributed by atoms with Crippen molar-refractivity contribution >= 4 is 0 Å². The molecule has 19 heavy (non-hydrogen) atoms. The predicted octanol–water partition coefficient (Wildman–Crippen LogP) is 3.55. The summed E-state index contributed by atoms with van der Waals surface area (Å²) in [6, 6.07) is 8.35. The standard InChI is InChI=1S/C16H27NO2/c1-6-17-16(13(5)18-7-2)14-10-8-9-11-15(14)19-12(3)4/h8-13,16-17H,6-7H2,1-5H3. The first kappa shape index (κ1) is 16.0. The molecule has 0 radical (unpaired) electrons. The quantitative estimate of drug-likeness (QED) is 0.779. The van der Waals surface area contributed by atoms with E-state index in [0.29, 0.717) is 0 Å². The first-order valence-electron chi connectivity index (χ1n) is 7.20. The Morgan fingerprint density at radius 3 is 2.37 bits per heavy atom. The van der Waals surface area contributed by atoms with Gasteiger partial charge in [-0.25, -0.2) is 0 Å². The summed E-state index contributed by atoms with van der Waals surface area (Å²) in [5.41, 5.74) is 1.17. The fourth-order valence-electron chi connectivity index (χ4n) is 2.21. The smallest absolute Gasteiger partial charge is 0.124 e. The Hall–Kier alpha value is -1.06. The molecule has 3 heteroatoms. The van der Waals surface area contributed by atoms with Crippen molar-refractivity contribution in [3.63, 3.8) is 0 Å². The maximum Gasteiger partial charge on any atom is 0.124 e. The summed E-state index contributed by atoms with van der Waals surface area (Å²) >= 11 is 0. The summed E-state index contributed by atoms with van der Waals surface area (Å²) in [6.45, 7) is 11.9. The summed E-state index contributed by atoms with van der Waals surface area (Å²) < 4.78 is 11.7. The Balaban J connectivity index is 3.00. The third-order valence-electron chi connectivity index (χ3n) is 2.94. The minimum atomic E-state index is 0.113. The lowest BCUT2D eigenvalue weighted by Gasteiger charge is -2.27. The monoisotopic (exact) mass is 265 g/mol. The molecule has 0 fully saturated rings. The van der Waals surface area contributed by atoms with E-state index in [9.17, 15) is 0 Å². The van der Waals surface area contributed by atoms with Crippen LogP contribution in [0.3, 0.4) is 0 Å². The molecule has 0 aliphatic carbocycles. The molecular weight excluding hydrogens is 238 g/mol. The Labute approximate surface area is 117 Å². The topological polar surface area (TPSA) is 30.5 Å². The predicted molar refractivity (Wildman–Crippen MR) is 79.7 cm³/mol. The van der Waals surface area contributed by atoms with E-state index in [2.05, 4.69) is 25.2 Å². The summed E-state index contributed by atoms with van der Waals surface area (Å²) in [4.78, 5) is 0. The van der Waals surface area contributed by atoms with Crippen molar-refractivity contribution in [3.05, 3.63) is 29.8 Å². The zero-order chi connectivity index (χ0) is 14.3. The van der Waals surface area contributed by atoms with Crippen LogP contribution in [-0.2, 0) is 4.74 Å². The van der Waals surface area contributed by atoms with Crippen molar-refractivity contribution in [2.75, 3.05) is 13.2 Å². The van der Waals surface area contributed by atoms with Crippen molar-refractivity contribution in [2.45, 2.75) is 52.9 Å². The number of rotatable bonds is 8. The molecular formula is C16H27NO2. The van der Waals surface area contributed by atoms with Gasteiger partial charge in [0.15, 0.2) is 0 Å². The molecule has 0 aliphatic heterocycles. The number of hydrogen-bond acceptors (Lipinski definition) is 3. The molecule has 0 bridgehead atoms. The van der Waals surface area contributed by atoms with Gasteiger partial charge in [0.2, 0.25) is 0 Å². The summed E-state index contributed by atoms with van der Waals surface area (Å²) in [6.07, 6.45) is 0.285. The molecule has 108 valence electrons. The van der Waals surface area contributed by atoms with Crippen LogP contribution in [0, 0.1) is 0 Å². The molecule has 2 unspecified atom stereocenters. The third kappa shape index (κ3) is 4.84. The second-order valence-corrected chi connectivity index (χ2v) is 4.90. The van der Waals surface area contributed by atoms with Crippen molar-refractivity contribution in [1.29, 1.82) is 0 Å². The minimum Gasteiger partial charge on any atom is -0.491 e. The van der Waals surface area contributed by atoms with Crippen LogP contribution in [0.2, 0.25) is 0 Å². The first-order valence-corrected chi connectivity index (χ1v) is 7.20. The Morgan fingerprint density at radius 2 is 1.79 bits per heavy atom. The van der Waals surface area contributed by atoms with Crippen LogP contribution >= 0.6 is 0 Å². The highest BCUT2D eigenvalue weighted by atomic mass is 16.5. The van der Waals surface area contributed by atoms with Gasteiger partial charge < -0.3 is 14.8 Å². The average Bonchev–Trinajstić information content (AvgIpc) is 2.36. The number of nitrogens with one attached hydrogen (secondary N) is 1. The van der Waals surface area contributed by atoms with Gasteiger partial charge in [0, 0.05) is 12.2 Å². The van der Waals surface area contributed by atoms with Crippen molar-refractivity contribution in [1.82, 2.24) is 5.32 Å². The van der Waals surface area contributed by atoms with Crippen molar-refractivity contribution < 1.29 is 9.47 Å². The normalized spacial score (nSPS) is 14.4. The van der Waals surface area contributed by atoms with E-state index < -0.39 is 0 Å². The lowest BCUT2D eigenvalue weighted by atomic mass is 10.0. The number of benzene rings is 1. The second kappa shape index (κ2) is 8.18. The Bertz CT molecular complexity index is 366. The first-order chi connectivity index (χ1) is 9.10. The molecule has 0 saturated heterocycles. The van der Waals surface area contributed by atoms with Gasteiger partial charge in [-0.05, 0) is 40.3 Å². The molecule has 0 aromatic heterocycles. The van der Waals surface area contributed by atoms with E-state index in [1.54, 1.807) is 0 Å². The maximum atomic E-state index is 5.91. The SMILES string of the molecule is CCNC(c1ccccc1OC(C)C)C(C)OCC. The molecule has 0 saturated carbocycles. The minimum absolute atomic E-state index is 0.113. The third-order valence-corrected chi connectivity index (χ3v) is 2.94. The van der Waals surface area contributed by atoms with Crippen LogP contribution in [0.1, 0.15) is 46.2 Å². The van der Waals surface area contributed by atoms with Crippen LogP contribution in [-0.4, -0.2) is 25.4 Å². The maximum absolute atomic E-state index is 5.91. The van der Waals surface area contributed by atoms with E-state index in [-0.39, 0.29) is 18.2 Å². The van der Waals surface area contributed by atoms with E-state index in [1.165, 1.54) is 5.56 Å². The largest absolute Gasteiger partial charge is 0.491 e. The highest BCUT2D eigenvalue weighted by Crippen LogP contribution is 2.29. The van der Waals surface area contributed by atoms with E-state index in [1.807, 2.05) is 39.0 Å². The molecule has 1 aromatic rings. The average molecular weight is 265 g/mol. The van der Waals surface area contributed by atoms with Crippen molar-refractivity contribution in [2.24, 2.45) is 0 Å². The molecule has 0 aliphatic rings. The molecule has 0 heterocycles. The van der Waals surface area contributed by atoms with Gasteiger partial charge in [-0.1, -0.05) is 25.1 Å². The van der Waals surface area contributed by atoms with Crippen LogP contribution in [0.5, 0.6) is 5.75 Å². The van der Waals surface area contributed by atoms with Gasteiger partial charge in [0.1, 0.15) is 5.75 Å². The zero-order valence-electron chi connectivity index (χ0n) is 12.8.